The number of nitrogens with one attached hydrogen (secondary N) is 1. The van der Waals surface area contributed by atoms with Crippen molar-refractivity contribution in [1.29, 1.82) is 0 Å². The van der Waals surface area contributed by atoms with Gasteiger partial charge in [-0.05, 0) is 24.6 Å². The van der Waals surface area contributed by atoms with Crippen molar-refractivity contribution < 1.29 is 20.0 Å². The zero-order valence-corrected chi connectivity index (χ0v) is 12.8. The van der Waals surface area contributed by atoms with Gasteiger partial charge >= 0.3 is 0 Å². The number of oxime groups is 1. The third kappa shape index (κ3) is 5.06. The monoisotopic (exact) mass is 322 g/mol. The number of aromatic nitrogens is 1. The van der Waals surface area contributed by atoms with Gasteiger partial charge in [0.2, 0.25) is 11.9 Å². The highest BCUT2D eigenvalue weighted by atomic mass is 16.6. The van der Waals surface area contributed by atoms with E-state index in [0.717, 1.165) is 0 Å². The van der Waals surface area contributed by atoms with Crippen molar-refractivity contribution in [1.82, 2.24) is 10.3 Å². The number of carbonyl (C=O) groups is 1. The summed E-state index contributed by atoms with van der Waals surface area (Å²) in [7, 11) is 0. The highest BCUT2D eigenvalue weighted by Gasteiger charge is 2.19. The first kappa shape index (κ1) is 18.1. The fourth-order valence-electron chi connectivity index (χ4n) is 1.82. The standard InChI is InChI=1S/C14H18N4O5/c1-3-10(9(2)18(22)23)7-11(17-21)8-16-14(20)12-5-4-6-15-13(12)19/h4-7,9,21H,3,8H2,1-2H3,(H,15,19)(H,16,20). The largest absolute Gasteiger partial charge is 0.493 e. The minimum atomic E-state index is -0.921. The number of carbonyl (C=O) groups excluding carboxylic acids is 1. The Bertz CT molecular complexity index is 642. The molecule has 1 unspecified atom stereocenters. The van der Waals surface area contributed by atoms with Crippen LogP contribution in [0.1, 0.15) is 30.6 Å². The molecule has 0 aliphatic rings. The van der Waals surface area contributed by atoms with Gasteiger partial charge in [-0.1, -0.05) is 12.1 Å². The van der Waals surface area contributed by atoms with Gasteiger partial charge in [-0.2, -0.15) is 0 Å². The van der Waals surface area contributed by atoms with E-state index in [0.29, 0.717) is 12.0 Å². The summed E-state index contributed by atoms with van der Waals surface area (Å²) in [6.07, 6.45) is 3.11. The fourth-order valence-corrected chi connectivity index (χ4v) is 1.82. The van der Waals surface area contributed by atoms with Crippen molar-refractivity contribution in [2.45, 2.75) is 26.3 Å². The summed E-state index contributed by atoms with van der Waals surface area (Å²) in [4.78, 5) is 25.9. The van der Waals surface area contributed by atoms with Crippen LogP contribution < -0.4 is 5.32 Å². The maximum Gasteiger partial charge on any atom is 0.257 e. The summed E-state index contributed by atoms with van der Waals surface area (Å²) in [5.74, 6) is -1.02. The van der Waals surface area contributed by atoms with Crippen LogP contribution in [0.15, 0.2) is 35.1 Å². The molecule has 0 fully saturated rings. The molecule has 1 atom stereocenters. The lowest BCUT2D eigenvalue weighted by atomic mass is 10.0. The predicted molar refractivity (Wildman–Crippen MR) is 82.3 cm³/mol. The minimum Gasteiger partial charge on any atom is -0.493 e. The molecule has 0 spiro atoms. The highest BCUT2D eigenvalue weighted by Crippen LogP contribution is 2.12. The molecule has 0 aliphatic carbocycles. The third-order valence-electron chi connectivity index (χ3n) is 3.20. The molecule has 9 nitrogen and oxygen atoms in total. The lowest BCUT2D eigenvalue weighted by Crippen LogP contribution is -2.29. The Kier molecular flexibility index (Phi) is 6.66. The molecule has 0 saturated carbocycles. The van der Waals surface area contributed by atoms with E-state index in [1.165, 1.54) is 31.3 Å². The van der Waals surface area contributed by atoms with E-state index in [2.05, 4.69) is 15.5 Å². The Balaban J connectivity index is 2.80. The van der Waals surface area contributed by atoms with Crippen LogP contribution in [0, 0.1) is 10.1 Å². The zero-order chi connectivity index (χ0) is 17.4. The molecular weight excluding hydrogens is 304 g/mol. The van der Waals surface area contributed by atoms with E-state index < -0.39 is 22.8 Å². The molecule has 1 rings (SSSR count). The van der Waals surface area contributed by atoms with E-state index in [-0.39, 0.29) is 17.8 Å². The number of hydrogen-bond donors (Lipinski definition) is 3. The number of nitrogens with zero attached hydrogens (tertiary/aromatic N) is 3. The molecule has 9 heteroatoms. The van der Waals surface area contributed by atoms with E-state index in [9.17, 15) is 20.0 Å². The number of pyridine rings is 1. The van der Waals surface area contributed by atoms with Gasteiger partial charge in [0.05, 0.1) is 12.3 Å². The topological polar surface area (TPSA) is 138 Å². The van der Waals surface area contributed by atoms with Gasteiger partial charge in [-0.3, -0.25) is 14.9 Å². The summed E-state index contributed by atoms with van der Waals surface area (Å²) < 4.78 is 0. The normalized spacial score (nSPS) is 13.5. The lowest BCUT2D eigenvalue weighted by molar-refractivity contribution is -0.507. The Morgan fingerprint density at radius 1 is 1.61 bits per heavy atom. The highest BCUT2D eigenvalue weighted by molar-refractivity contribution is 6.02. The van der Waals surface area contributed by atoms with Crippen LogP contribution in [0.2, 0.25) is 0 Å². The summed E-state index contributed by atoms with van der Waals surface area (Å²) in [5, 5.41) is 34.8. The molecular formula is C14H18N4O5. The molecule has 0 aliphatic heterocycles. The van der Waals surface area contributed by atoms with Crippen molar-refractivity contribution in [3.63, 3.8) is 0 Å². The van der Waals surface area contributed by atoms with Crippen molar-refractivity contribution >= 4 is 11.6 Å². The van der Waals surface area contributed by atoms with Crippen molar-refractivity contribution in [2.24, 2.45) is 5.16 Å². The number of aromatic hydroxyl groups is 1. The average molecular weight is 322 g/mol. The molecule has 0 radical (unpaired) electrons. The molecule has 124 valence electrons. The first-order chi connectivity index (χ1) is 10.9. The van der Waals surface area contributed by atoms with E-state index in [4.69, 9.17) is 5.21 Å². The Hall–Kier alpha value is -2.97. The lowest BCUT2D eigenvalue weighted by Gasteiger charge is -2.09. The van der Waals surface area contributed by atoms with Gasteiger partial charge in [0.15, 0.2) is 0 Å². The van der Waals surface area contributed by atoms with Gasteiger partial charge in [0, 0.05) is 23.6 Å². The van der Waals surface area contributed by atoms with Crippen LogP contribution in [0.4, 0.5) is 0 Å². The number of amides is 1. The van der Waals surface area contributed by atoms with Gasteiger partial charge in [0.1, 0.15) is 5.56 Å². The molecule has 1 aromatic heterocycles. The Morgan fingerprint density at radius 3 is 2.83 bits per heavy atom. The van der Waals surface area contributed by atoms with Crippen LogP contribution in [-0.2, 0) is 0 Å². The first-order valence-corrected chi connectivity index (χ1v) is 6.87. The van der Waals surface area contributed by atoms with Crippen LogP contribution in [0.3, 0.4) is 0 Å². The summed E-state index contributed by atoms with van der Waals surface area (Å²) >= 11 is 0. The molecule has 1 heterocycles. The average Bonchev–Trinajstić information content (AvgIpc) is 2.54. The SMILES string of the molecule is CCC(=CC(CNC(=O)c1cccnc1O)=NO)C(C)[N+](=O)[O-]. The van der Waals surface area contributed by atoms with Gasteiger partial charge in [-0.15, -0.1) is 0 Å². The van der Waals surface area contributed by atoms with Crippen LogP contribution in [0.25, 0.3) is 0 Å². The Labute approximate surface area is 132 Å². The Morgan fingerprint density at radius 2 is 2.30 bits per heavy atom. The molecule has 1 aromatic rings. The maximum absolute atomic E-state index is 11.9. The van der Waals surface area contributed by atoms with Crippen LogP contribution >= 0.6 is 0 Å². The van der Waals surface area contributed by atoms with Gasteiger partial charge in [-0.25, -0.2) is 4.98 Å². The smallest absolute Gasteiger partial charge is 0.257 e. The number of rotatable bonds is 7. The summed E-state index contributed by atoms with van der Waals surface area (Å²) in [5.41, 5.74) is 0.497. The van der Waals surface area contributed by atoms with Gasteiger partial charge in [0.25, 0.3) is 5.91 Å². The van der Waals surface area contributed by atoms with Crippen molar-refractivity contribution in [3.05, 3.63) is 45.7 Å². The van der Waals surface area contributed by atoms with Crippen molar-refractivity contribution in [2.75, 3.05) is 6.54 Å². The third-order valence-corrected chi connectivity index (χ3v) is 3.20. The predicted octanol–water partition coefficient (Wildman–Crippen LogP) is 1.35. The minimum absolute atomic E-state index is 0.0249. The maximum atomic E-state index is 11.9. The summed E-state index contributed by atoms with van der Waals surface area (Å²) in [6.45, 7) is 3.02. The number of nitro groups is 1. The molecule has 23 heavy (non-hydrogen) atoms. The molecule has 0 bridgehead atoms. The van der Waals surface area contributed by atoms with Crippen LogP contribution in [-0.4, -0.2) is 44.4 Å². The van der Waals surface area contributed by atoms with E-state index in [1.807, 2.05) is 0 Å². The molecule has 1 amide bonds. The molecule has 0 aromatic carbocycles. The van der Waals surface area contributed by atoms with E-state index >= 15 is 0 Å². The second-order valence-electron chi connectivity index (χ2n) is 4.68. The molecule has 0 saturated heterocycles. The second kappa shape index (κ2) is 8.47. The fraction of sp³-hybridized carbons (Fsp3) is 0.357. The second-order valence-corrected chi connectivity index (χ2v) is 4.68. The first-order valence-electron chi connectivity index (χ1n) is 6.87. The van der Waals surface area contributed by atoms with Crippen LogP contribution in [0.5, 0.6) is 5.88 Å². The van der Waals surface area contributed by atoms with Gasteiger partial charge < -0.3 is 15.6 Å². The summed E-state index contributed by atoms with van der Waals surface area (Å²) in [6, 6.07) is 1.95. The van der Waals surface area contributed by atoms with Crippen molar-refractivity contribution in [3.8, 4) is 5.88 Å². The van der Waals surface area contributed by atoms with E-state index in [1.54, 1.807) is 6.92 Å². The quantitative estimate of drug-likeness (QED) is 0.300. The number of hydrogen-bond acceptors (Lipinski definition) is 7. The molecule has 3 N–H and O–H groups in total. The zero-order valence-electron chi connectivity index (χ0n) is 12.8.